The summed E-state index contributed by atoms with van der Waals surface area (Å²) in [6, 6.07) is 13.2. The SMILES string of the molecule is CC(NC(=O)C(C)(C)Oc1ccc(C(F)(F)F)cn1)C(Cc1ccc(C(F)(F)F)cc1)c1cccc(CC(=N)N)c1. The van der Waals surface area contributed by atoms with Crippen LogP contribution in [0, 0.1) is 5.41 Å². The maximum absolute atomic E-state index is 13.2. The molecular weight excluding hydrogens is 550 g/mol. The number of hydrogen-bond acceptors (Lipinski definition) is 4. The van der Waals surface area contributed by atoms with E-state index >= 15 is 0 Å². The Balaban J connectivity index is 1.84. The van der Waals surface area contributed by atoms with Gasteiger partial charge in [0.2, 0.25) is 5.88 Å². The molecule has 0 radical (unpaired) electrons. The Morgan fingerprint density at radius 3 is 2.10 bits per heavy atom. The standard InChI is InChI=1S/C29H30F6N4O2/c1-17(39-26(40)27(2,3)41-25-12-11-22(16-38-25)29(33,34)35)23(20-6-4-5-19(13-20)15-24(36)37)14-18-7-9-21(10-8-18)28(30,31)32/h4-13,16-17,23H,14-15H2,1-3H3,(H3,36,37)(H,39,40). The van der Waals surface area contributed by atoms with Gasteiger partial charge in [0.25, 0.3) is 5.91 Å². The van der Waals surface area contributed by atoms with E-state index < -0.39 is 46.9 Å². The highest BCUT2D eigenvalue weighted by Crippen LogP contribution is 2.32. The molecule has 1 heterocycles. The quantitative estimate of drug-likeness (QED) is 0.149. The van der Waals surface area contributed by atoms with Crippen LogP contribution in [0.5, 0.6) is 5.88 Å². The fourth-order valence-electron chi connectivity index (χ4n) is 4.22. The van der Waals surface area contributed by atoms with Crippen LogP contribution in [-0.2, 0) is 30.0 Å². The Bertz CT molecular complexity index is 1350. The van der Waals surface area contributed by atoms with Crippen molar-refractivity contribution in [1.82, 2.24) is 10.3 Å². The van der Waals surface area contributed by atoms with E-state index in [0.717, 1.165) is 35.4 Å². The number of rotatable bonds is 10. The lowest BCUT2D eigenvalue weighted by Crippen LogP contribution is -2.51. The van der Waals surface area contributed by atoms with Crippen LogP contribution >= 0.6 is 0 Å². The number of carbonyl (C=O) groups excluding carboxylic acids is 1. The number of carbonyl (C=O) groups is 1. The molecule has 1 amide bonds. The first-order chi connectivity index (χ1) is 19.0. The summed E-state index contributed by atoms with van der Waals surface area (Å²) in [6.07, 6.45) is -7.97. The second-order valence-corrected chi connectivity index (χ2v) is 10.2. The topological polar surface area (TPSA) is 101 Å². The molecule has 0 saturated carbocycles. The molecule has 3 rings (SSSR count). The van der Waals surface area contributed by atoms with Crippen LogP contribution in [0.25, 0.3) is 0 Å². The number of hydrogen-bond donors (Lipinski definition) is 3. The zero-order valence-corrected chi connectivity index (χ0v) is 22.5. The van der Waals surface area contributed by atoms with Gasteiger partial charge in [-0.15, -0.1) is 0 Å². The van der Waals surface area contributed by atoms with E-state index in [4.69, 9.17) is 15.9 Å². The predicted octanol–water partition coefficient (Wildman–Crippen LogP) is 6.29. The van der Waals surface area contributed by atoms with Gasteiger partial charge in [0.15, 0.2) is 5.60 Å². The summed E-state index contributed by atoms with van der Waals surface area (Å²) in [7, 11) is 0. The third-order valence-corrected chi connectivity index (χ3v) is 6.44. The van der Waals surface area contributed by atoms with E-state index in [9.17, 15) is 31.1 Å². The minimum absolute atomic E-state index is 0.0430. The van der Waals surface area contributed by atoms with E-state index in [1.165, 1.54) is 26.0 Å². The molecule has 2 aromatic carbocycles. The number of benzene rings is 2. The number of nitrogens with one attached hydrogen (secondary N) is 2. The smallest absolute Gasteiger partial charge is 0.417 e. The predicted molar refractivity (Wildman–Crippen MR) is 141 cm³/mol. The molecule has 0 saturated heterocycles. The molecule has 0 spiro atoms. The molecule has 0 aliphatic heterocycles. The third kappa shape index (κ3) is 8.70. The Morgan fingerprint density at radius 1 is 0.951 bits per heavy atom. The van der Waals surface area contributed by atoms with Gasteiger partial charge in [-0.1, -0.05) is 36.4 Å². The molecule has 2 unspecified atom stereocenters. The van der Waals surface area contributed by atoms with E-state index in [2.05, 4.69) is 10.3 Å². The van der Waals surface area contributed by atoms with E-state index in [0.29, 0.717) is 11.8 Å². The van der Waals surface area contributed by atoms with Gasteiger partial charge in [0.1, 0.15) is 0 Å². The summed E-state index contributed by atoms with van der Waals surface area (Å²) in [4.78, 5) is 16.9. The molecule has 4 N–H and O–H groups in total. The van der Waals surface area contributed by atoms with Crippen molar-refractivity contribution in [2.45, 2.75) is 63.5 Å². The Morgan fingerprint density at radius 2 is 1.56 bits per heavy atom. The zero-order valence-electron chi connectivity index (χ0n) is 22.5. The Kier molecular flexibility index (Phi) is 9.35. The van der Waals surface area contributed by atoms with E-state index in [-0.39, 0.29) is 24.6 Å². The lowest BCUT2D eigenvalue weighted by atomic mass is 9.85. The first-order valence-corrected chi connectivity index (χ1v) is 12.6. The van der Waals surface area contributed by atoms with Gasteiger partial charge < -0.3 is 15.8 Å². The fraction of sp³-hybridized carbons (Fsp3) is 0.345. The number of aromatic nitrogens is 1. The van der Waals surface area contributed by atoms with Crippen molar-refractivity contribution in [2.75, 3.05) is 0 Å². The second-order valence-electron chi connectivity index (χ2n) is 10.2. The second kappa shape index (κ2) is 12.2. The largest absolute Gasteiger partial charge is 0.462 e. The summed E-state index contributed by atoms with van der Waals surface area (Å²) in [5.74, 6) is -1.21. The molecule has 0 fully saturated rings. The van der Waals surface area contributed by atoms with Crippen LogP contribution in [-0.4, -0.2) is 28.4 Å². The van der Waals surface area contributed by atoms with Crippen LogP contribution in [0.2, 0.25) is 0 Å². The number of pyridine rings is 1. The highest BCUT2D eigenvalue weighted by atomic mass is 19.4. The number of amidine groups is 1. The fourth-order valence-corrected chi connectivity index (χ4v) is 4.22. The van der Waals surface area contributed by atoms with Crippen molar-refractivity contribution < 1.29 is 35.9 Å². The van der Waals surface area contributed by atoms with Crippen molar-refractivity contribution in [2.24, 2.45) is 5.73 Å². The normalized spacial score (nSPS) is 13.8. The van der Waals surface area contributed by atoms with Crippen LogP contribution in [0.4, 0.5) is 26.3 Å². The average Bonchev–Trinajstić information content (AvgIpc) is 2.86. The highest BCUT2D eigenvalue weighted by Gasteiger charge is 2.35. The van der Waals surface area contributed by atoms with Gasteiger partial charge in [-0.25, -0.2) is 4.98 Å². The molecule has 41 heavy (non-hydrogen) atoms. The summed E-state index contributed by atoms with van der Waals surface area (Å²) < 4.78 is 83.4. The van der Waals surface area contributed by atoms with Gasteiger partial charge >= 0.3 is 12.4 Å². The van der Waals surface area contributed by atoms with Crippen molar-refractivity contribution in [3.8, 4) is 5.88 Å². The minimum atomic E-state index is -4.57. The number of halogens is 6. The van der Waals surface area contributed by atoms with Crippen molar-refractivity contribution in [3.05, 3.63) is 94.7 Å². The number of amides is 1. The molecule has 6 nitrogen and oxygen atoms in total. The maximum Gasteiger partial charge on any atom is 0.417 e. The van der Waals surface area contributed by atoms with E-state index in [1.807, 2.05) is 12.1 Å². The number of alkyl halides is 6. The molecule has 0 bridgehead atoms. The monoisotopic (exact) mass is 580 g/mol. The molecule has 12 heteroatoms. The van der Waals surface area contributed by atoms with Crippen molar-refractivity contribution in [3.63, 3.8) is 0 Å². The molecule has 1 aromatic heterocycles. The van der Waals surface area contributed by atoms with Crippen LogP contribution in [0.15, 0.2) is 66.9 Å². The summed E-state index contributed by atoms with van der Waals surface area (Å²) in [6.45, 7) is 4.61. The molecule has 0 aliphatic rings. The van der Waals surface area contributed by atoms with E-state index in [1.54, 1.807) is 19.1 Å². The zero-order chi connectivity index (χ0) is 30.6. The molecule has 2 atom stereocenters. The lowest BCUT2D eigenvalue weighted by molar-refractivity contribution is -0.138. The maximum atomic E-state index is 13.2. The summed E-state index contributed by atoms with van der Waals surface area (Å²) in [5, 5.41) is 10.5. The van der Waals surface area contributed by atoms with Crippen LogP contribution in [0.3, 0.4) is 0 Å². The van der Waals surface area contributed by atoms with Crippen molar-refractivity contribution in [1.29, 1.82) is 5.41 Å². The minimum Gasteiger partial charge on any atom is -0.462 e. The number of nitrogens with two attached hydrogens (primary N) is 1. The molecule has 220 valence electrons. The Hall–Kier alpha value is -4.09. The highest BCUT2D eigenvalue weighted by molar-refractivity contribution is 5.85. The first-order valence-electron chi connectivity index (χ1n) is 12.6. The van der Waals surface area contributed by atoms with Gasteiger partial charge in [-0.3, -0.25) is 10.2 Å². The first kappa shape index (κ1) is 31.4. The van der Waals surface area contributed by atoms with Gasteiger partial charge in [-0.2, -0.15) is 26.3 Å². The van der Waals surface area contributed by atoms with Crippen LogP contribution < -0.4 is 15.8 Å². The Labute approximate surface area is 233 Å². The molecular formula is C29H30F6N4O2. The molecule has 0 aliphatic carbocycles. The van der Waals surface area contributed by atoms with Gasteiger partial charge in [-0.05, 0) is 62.1 Å². The van der Waals surface area contributed by atoms with Gasteiger partial charge in [0.05, 0.1) is 17.0 Å². The van der Waals surface area contributed by atoms with Crippen LogP contribution in [0.1, 0.15) is 54.5 Å². The van der Waals surface area contributed by atoms with Crippen molar-refractivity contribution >= 4 is 11.7 Å². The molecule has 3 aromatic rings. The lowest BCUT2D eigenvalue weighted by Gasteiger charge is -2.31. The van der Waals surface area contributed by atoms with Gasteiger partial charge in [0, 0.05) is 30.6 Å². The summed E-state index contributed by atoms with van der Waals surface area (Å²) >= 11 is 0. The number of nitrogens with zero attached hydrogens (tertiary/aromatic N) is 1. The third-order valence-electron chi connectivity index (χ3n) is 6.44. The average molecular weight is 581 g/mol. The number of ether oxygens (including phenoxy) is 1. The summed E-state index contributed by atoms with van der Waals surface area (Å²) in [5.41, 5.74) is 4.40.